The number of methoxy groups -OCH3 is 2. The predicted octanol–water partition coefficient (Wildman–Crippen LogP) is 4.18. The van der Waals surface area contributed by atoms with Crippen LogP contribution in [0.15, 0.2) is 42.5 Å². The third-order valence-corrected chi connectivity index (χ3v) is 5.50. The Kier molecular flexibility index (Phi) is 4.34. The Morgan fingerprint density at radius 1 is 1.04 bits per heavy atom. The number of carbonyl (C=O) groups is 1. The lowest BCUT2D eigenvalue weighted by Gasteiger charge is -2.13. The van der Waals surface area contributed by atoms with Gasteiger partial charge in [0.05, 0.1) is 19.9 Å². The number of aromatic nitrogens is 1. The number of amides is 1. The average molecular weight is 366 g/mol. The van der Waals surface area contributed by atoms with Gasteiger partial charge in [0.1, 0.15) is 17.1 Å². The van der Waals surface area contributed by atoms with E-state index in [1.807, 2.05) is 12.1 Å². The van der Waals surface area contributed by atoms with Crippen molar-refractivity contribution in [3.05, 3.63) is 58.5 Å². The van der Waals surface area contributed by atoms with Gasteiger partial charge in [-0.3, -0.25) is 10.1 Å². The highest BCUT2D eigenvalue weighted by Gasteiger charge is 2.23. The topological polar surface area (TPSA) is 60.5 Å². The largest absolute Gasteiger partial charge is 0.496 e. The molecule has 132 valence electrons. The Morgan fingerprint density at radius 3 is 2.50 bits per heavy atom. The minimum atomic E-state index is -0.293. The zero-order chi connectivity index (χ0) is 18.1. The standard InChI is InChI=1S/C20H18N2O3S/c1-24-14-8-5-9-15(25-2)17(14)19(23)22-20-21-18-13-7-4-3-6-12(13)10-11-16(18)26-20/h3-9H,10-11H2,1-2H3,(H,21,22,23). The molecule has 6 heteroatoms. The van der Waals surface area contributed by atoms with Crippen LogP contribution in [0.5, 0.6) is 11.5 Å². The third kappa shape index (κ3) is 2.82. The van der Waals surface area contributed by atoms with Gasteiger partial charge in [-0.05, 0) is 30.5 Å². The summed E-state index contributed by atoms with van der Waals surface area (Å²) in [5.41, 5.74) is 3.79. The molecule has 1 N–H and O–H groups in total. The van der Waals surface area contributed by atoms with Gasteiger partial charge in [-0.25, -0.2) is 4.98 Å². The van der Waals surface area contributed by atoms with Gasteiger partial charge in [-0.2, -0.15) is 0 Å². The molecule has 1 heterocycles. The molecule has 4 rings (SSSR count). The number of hydrogen-bond donors (Lipinski definition) is 1. The molecule has 3 aromatic rings. The Balaban J connectivity index is 1.66. The molecule has 0 saturated heterocycles. The summed E-state index contributed by atoms with van der Waals surface area (Å²) in [5, 5.41) is 3.49. The molecular weight excluding hydrogens is 348 g/mol. The number of carbonyl (C=O) groups excluding carboxylic acids is 1. The maximum atomic E-state index is 12.8. The molecule has 5 nitrogen and oxygen atoms in total. The van der Waals surface area contributed by atoms with E-state index in [1.165, 1.54) is 36.0 Å². The van der Waals surface area contributed by atoms with Gasteiger partial charge in [0.2, 0.25) is 0 Å². The number of nitrogens with one attached hydrogen (secondary N) is 1. The molecular formula is C20H18N2O3S. The Bertz CT molecular complexity index is 959. The van der Waals surface area contributed by atoms with Gasteiger partial charge in [0.15, 0.2) is 5.13 Å². The van der Waals surface area contributed by atoms with Crippen molar-refractivity contribution < 1.29 is 14.3 Å². The van der Waals surface area contributed by atoms with E-state index < -0.39 is 0 Å². The van der Waals surface area contributed by atoms with Crippen LogP contribution >= 0.6 is 11.3 Å². The van der Waals surface area contributed by atoms with Crippen LogP contribution in [0.3, 0.4) is 0 Å². The van der Waals surface area contributed by atoms with Gasteiger partial charge >= 0.3 is 0 Å². The van der Waals surface area contributed by atoms with E-state index in [4.69, 9.17) is 9.47 Å². The average Bonchev–Trinajstić information content (AvgIpc) is 3.10. The van der Waals surface area contributed by atoms with E-state index in [1.54, 1.807) is 18.2 Å². The van der Waals surface area contributed by atoms with Crippen LogP contribution in [0.4, 0.5) is 5.13 Å². The molecule has 1 amide bonds. The Hall–Kier alpha value is -2.86. The summed E-state index contributed by atoms with van der Waals surface area (Å²) in [6.07, 6.45) is 1.94. The summed E-state index contributed by atoms with van der Waals surface area (Å²) in [6, 6.07) is 13.5. The first-order valence-electron chi connectivity index (χ1n) is 8.31. The number of nitrogens with zero attached hydrogens (tertiary/aromatic N) is 1. The number of benzene rings is 2. The van der Waals surface area contributed by atoms with Gasteiger partial charge in [0.25, 0.3) is 5.91 Å². The highest BCUT2D eigenvalue weighted by molar-refractivity contribution is 7.16. The lowest BCUT2D eigenvalue weighted by Crippen LogP contribution is -2.14. The number of fused-ring (bicyclic) bond motifs is 3. The molecule has 0 radical (unpaired) electrons. The van der Waals surface area contributed by atoms with Crippen LogP contribution in [0, 0.1) is 0 Å². The lowest BCUT2D eigenvalue weighted by atomic mass is 9.94. The summed E-state index contributed by atoms with van der Waals surface area (Å²) in [7, 11) is 3.06. The van der Waals surface area contributed by atoms with Crippen LogP contribution in [0.1, 0.15) is 20.8 Å². The van der Waals surface area contributed by atoms with E-state index in [0.29, 0.717) is 22.2 Å². The zero-order valence-corrected chi connectivity index (χ0v) is 15.4. The van der Waals surface area contributed by atoms with Crippen LogP contribution in [-0.4, -0.2) is 25.1 Å². The van der Waals surface area contributed by atoms with Crippen molar-refractivity contribution in [1.82, 2.24) is 4.98 Å². The van der Waals surface area contributed by atoms with Gasteiger partial charge in [-0.1, -0.05) is 30.3 Å². The van der Waals surface area contributed by atoms with E-state index in [9.17, 15) is 4.79 Å². The van der Waals surface area contributed by atoms with Gasteiger partial charge < -0.3 is 9.47 Å². The zero-order valence-electron chi connectivity index (χ0n) is 14.5. The second-order valence-electron chi connectivity index (χ2n) is 5.94. The summed E-state index contributed by atoms with van der Waals surface area (Å²) >= 11 is 1.52. The SMILES string of the molecule is COc1cccc(OC)c1C(=O)Nc1nc2c(s1)CCc1ccccc1-2. The fraction of sp³-hybridized carbons (Fsp3) is 0.200. The van der Waals surface area contributed by atoms with Crippen LogP contribution in [0.25, 0.3) is 11.3 Å². The van der Waals surface area contributed by atoms with E-state index in [0.717, 1.165) is 24.1 Å². The first kappa shape index (κ1) is 16.6. The van der Waals surface area contributed by atoms with E-state index in [2.05, 4.69) is 22.4 Å². The van der Waals surface area contributed by atoms with E-state index in [-0.39, 0.29) is 5.91 Å². The molecule has 0 spiro atoms. The molecule has 1 aliphatic carbocycles. The van der Waals surface area contributed by atoms with Crippen LogP contribution < -0.4 is 14.8 Å². The maximum Gasteiger partial charge on any atom is 0.265 e. The number of rotatable bonds is 4. The summed E-state index contributed by atoms with van der Waals surface area (Å²) in [6.45, 7) is 0. The third-order valence-electron chi connectivity index (χ3n) is 4.47. The first-order chi connectivity index (χ1) is 12.7. The fourth-order valence-corrected chi connectivity index (χ4v) is 4.21. The minimum absolute atomic E-state index is 0.293. The quantitative estimate of drug-likeness (QED) is 0.752. The van der Waals surface area contributed by atoms with E-state index >= 15 is 0 Å². The normalized spacial score (nSPS) is 12.1. The molecule has 0 atom stereocenters. The monoisotopic (exact) mass is 366 g/mol. The number of ether oxygens (including phenoxy) is 2. The van der Waals surface area contributed by atoms with Crippen molar-refractivity contribution in [1.29, 1.82) is 0 Å². The number of hydrogen-bond acceptors (Lipinski definition) is 5. The molecule has 0 fully saturated rings. The number of aryl methyl sites for hydroxylation is 2. The molecule has 0 aliphatic heterocycles. The molecule has 1 aliphatic rings. The van der Waals surface area contributed by atoms with Crippen LogP contribution in [0.2, 0.25) is 0 Å². The smallest absolute Gasteiger partial charge is 0.265 e. The van der Waals surface area contributed by atoms with Gasteiger partial charge in [0, 0.05) is 10.4 Å². The highest BCUT2D eigenvalue weighted by atomic mass is 32.1. The Morgan fingerprint density at radius 2 is 1.77 bits per heavy atom. The molecule has 0 bridgehead atoms. The Labute approximate surface area is 155 Å². The summed E-state index contributed by atoms with van der Waals surface area (Å²) in [4.78, 5) is 18.7. The minimum Gasteiger partial charge on any atom is -0.496 e. The lowest BCUT2D eigenvalue weighted by molar-refractivity contribution is 0.102. The first-order valence-corrected chi connectivity index (χ1v) is 9.13. The predicted molar refractivity (Wildman–Crippen MR) is 102 cm³/mol. The second-order valence-corrected chi connectivity index (χ2v) is 7.02. The van der Waals surface area contributed by atoms with Crippen LogP contribution in [-0.2, 0) is 12.8 Å². The fourth-order valence-electron chi connectivity index (χ4n) is 3.24. The molecule has 2 aromatic carbocycles. The second kappa shape index (κ2) is 6.80. The highest BCUT2D eigenvalue weighted by Crippen LogP contribution is 2.38. The van der Waals surface area contributed by atoms with Crippen molar-refractivity contribution in [3.8, 4) is 22.8 Å². The molecule has 0 saturated carbocycles. The number of anilines is 1. The van der Waals surface area contributed by atoms with Crippen molar-refractivity contribution in [3.63, 3.8) is 0 Å². The van der Waals surface area contributed by atoms with Crippen molar-refractivity contribution >= 4 is 22.4 Å². The van der Waals surface area contributed by atoms with Crippen molar-refractivity contribution in [2.45, 2.75) is 12.8 Å². The molecule has 0 unspecified atom stereocenters. The number of thiazole rings is 1. The maximum absolute atomic E-state index is 12.8. The van der Waals surface area contributed by atoms with Gasteiger partial charge in [-0.15, -0.1) is 11.3 Å². The van der Waals surface area contributed by atoms with Crippen molar-refractivity contribution in [2.75, 3.05) is 19.5 Å². The summed E-state index contributed by atoms with van der Waals surface area (Å²) < 4.78 is 10.6. The van der Waals surface area contributed by atoms with Crippen molar-refractivity contribution in [2.24, 2.45) is 0 Å². The molecule has 26 heavy (non-hydrogen) atoms. The summed E-state index contributed by atoms with van der Waals surface area (Å²) in [5.74, 6) is 0.640. The molecule has 1 aromatic heterocycles.